The maximum Gasteiger partial charge on any atom is 0.120 e. The van der Waals surface area contributed by atoms with Crippen LogP contribution in [0.1, 0.15) is 44.2 Å². The van der Waals surface area contributed by atoms with Crippen LogP contribution in [-0.2, 0) is 0 Å². The Hall–Kier alpha value is -1.06. The fraction of sp³-hybridized carbons (Fsp3) is 0.600. The molecule has 1 unspecified atom stereocenters. The summed E-state index contributed by atoms with van der Waals surface area (Å²) in [6.45, 7) is 2.16. The maximum absolute atomic E-state index is 9.92. The molecule has 18 heavy (non-hydrogen) atoms. The van der Waals surface area contributed by atoms with Crippen molar-refractivity contribution in [1.82, 2.24) is 4.90 Å². The number of aromatic hydroxyl groups is 1. The van der Waals surface area contributed by atoms with Crippen LogP contribution >= 0.6 is 0 Å². The van der Waals surface area contributed by atoms with Crippen LogP contribution in [0.25, 0.3) is 0 Å². The number of para-hydroxylation sites is 1. The van der Waals surface area contributed by atoms with E-state index < -0.39 is 0 Å². The van der Waals surface area contributed by atoms with Gasteiger partial charge in [0.15, 0.2) is 0 Å². The molecule has 0 radical (unpaired) electrons. The highest BCUT2D eigenvalue weighted by atomic mass is 16.3. The Bertz CT molecular complexity index is 386. The molecule has 0 amide bonds. The number of phenolic OH excluding ortho intramolecular Hbond substituents is 1. The van der Waals surface area contributed by atoms with Crippen molar-refractivity contribution in [2.24, 2.45) is 5.73 Å². The number of rotatable bonds is 3. The zero-order valence-corrected chi connectivity index (χ0v) is 11.3. The van der Waals surface area contributed by atoms with E-state index in [2.05, 4.69) is 18.9 Å². The fourth-order valence-corrected chi connectivity index (χ4v) is 2.89. The Labute approximate surface area is 110 Å². The molecule has 0 aromatic heterocycles. The molecule has 1 atom stereocenters. The summed E-state index contributed by atoms with van der Waals surface area (Å²) in [7, 11) is 2.15. The lowest BCUT2D eigenvalue weighted by Crippen LogP contribution is -2.39. The minimum Gasteiger partial charge on any atom is -0.508 e. The third-order valence-corrected chi connectivity index (χ3v) is 4.32. The van der Waals surface area contributed by atoms with Crippen molar-refractivity contribution in [2.45, 2.75) is 50.7 Å². The fourth-order valence-electron chi connectivity index (χ4n) is 2.89. The molecule has 0 saturated heterocycles. The number of benzene rings is 1. The first kappa shape index (κ1) is 13.4. The summed E-state index contributed by atoms with van der Waals surface area (Å²) in [5.41, 5.74) is 6.96. The van der Waals surface area contributed by atoms with E-state index in [4.69, 9.17) is 5.73 Å². The Morgan fingerprint density at radius 2 is 1.83 bits per heavy atom. The van der Waals surface area contributed by atoms with Crippen molar-refractivity contribution in [3.63, 3.8) is 0 Å². The van der Waals surface area contributed by atoms with Gasteiger partial charge < -0.3 is 10.8 Å². The molecule has 100 valence electrons. The topological polar surface area (TPSA) is 49.5 Å². The zero-order valence-electron chi connectivity index (χ0n) is 11.3. The summed E-state index contributed by atoms with van der Waals surface area (Å²) in [6.07, 6.45) is 4.55. The minimum absolute atomic E-state index is 0.241. The summed E-state index contributed by atoms with van der Waals surface area (Å²) in [5, 5.41) is 9.92. The van der Waals surface area contributed by atoms with Crippen molar-refractivity contribution in [1.29, 1.82) is 0 Å². The van der Waals surface area contributed by atoms with Gasteiger partial charge in [-0.1, -0.05) is 18.2 Å². The number of hydrogen-bond donors (Lipinski definition) is 2. The van der Waals surface area contributed by atoms with Gasteiger partial charge in [-0.3, -0.25) is 4.90 Å². The van der Waals surface area contributed by atoms with Gasteiger partial charge in [-0.05, 0) is 45.7 Å². The Kier molecular flexibility index (Phi) is 4.25. The van der Waals surface area contributed by atoms with Crippen LogP contribution in [0, 0.1) is 0 Å². The highest BCUT2D eigenvalue weighted by molar-refractivity contribution is 5.34. The van der Waals surface area contributed by atoms with E-state index in [1.807, 2.05) is 18.2 Å². The summed E-state index contributed by atoms with van der Waals surface area (Å²) in [4.78, 5) is 2.38. The first-order valence-electron chi connectivity index (χ1n) is 6.85. The zero-order chi connectivity index (χ0) is 13.1. The lowest BCUT2D eigenvalue weighted by Gasteiger charge is -2.37. The molecule has 1 aliphatic rings. The van der Waals surface area contributed by atoms with Gasteiger partial charge >= 0.3 is 0 Å². The Morgan fingerprint density at radius 3 is 2.44 bits per heavy atom. The Balaban J connectivity index is 2.05. The van der Waals surface area contributed by atoms with Gasteiger partial charge in [0.25, 0.3) is 0 Å². The standard InChI is InChI=1S/C15H24N2O/c1-11(14-5-3-4-6-15(14)18)17(2)13-9-7-12(16)8-10-13/h3-6,11-13,18H,7-10,16H2,1-2H3. The molecular weight excluding hydrogens is 224 g/mol. The van der Waals surface area contributed by atoms with E-state index in [0.717, 1.165) is 31.2 Å². The van der Waals surface area contributed by atoms with Crippen molar-refractivity contribution in [2.75, 3.05) is 7.05 Å². The van der Waals surface area contributed by atoms with Gasteiger partial charge in [-0.15, -0.1) is 0 Å². The summed E-state index contributed by atoms with van der Waals surface area (Å²) in [5.74, 6) is 0.393. The smallest absolute Gasteiger partial charge is 0.120 e. The first-order chi connectivity index (χ1) is 8.59. The molecule has 2 rings (SSSR count). The number of nitrogens with two attached hydrogens (primary N) is 1. The lowest BCUT2D eigenvalue weighted by molar-refractivity contribution is 0.139. The molecule has 3 N–H and O–H groups in total. The molecule has 1 fully saturated rings. The van der Waals surface area contributed by atoms with Gasteiger partial charge in [-0.2, -0.15) is 0 Å². The second-order valence-corrected chi connectivity index (χ2v) is 5.47. The van der Waals surface area contributed by atoms with Crippen molar-refractivity contribution in [3.8, 4) is 5.75 Å². The quantitative estimate of drug-likeness (QED) is 0.864. The predicted octanol–water partition coefficient (Wildman–Crippen LogP) is 2.65. The van der Waals surface area contributed by atoms with Crippen LogP contribution in [0.2, 0.25) is 0 Å². The van der Waals surface area contributed by atoms with E-state index in [1.165, 1.54) is 0 Å². The molecule has 1 saturated carbocycles. The molecular formula is C15H24N2O. The van der Waals surface area contributed by atoms with Gasteiger partial charge in [0.1, 0.15) is 5.75 Å². The van der Waals surface area contributed by atoms with E-state index in [-0.39, 0.29) is 6.04 Å². The van der Waals surface area contributed by atoms with Gasteiger partial charge in [0, 0.05) is 23.7 Å². The second-order valence-electron chi connectivity index (χ2n) is 5.47. The van der Waals surface area contributed by atoms with Gasteiger partial charge in [0.05, 0.1) is 0 Å². The molecule has 0 heterocycles. The van der Waals surface area contributed by atoms with Crippen molar-refractivity contribution < 1.29 is 5.11 Å². The van der Waals surface area contributed by atoms with E-state index >= 15 is 0 Å². The minimum atomic E-state index is 0.241. The molecule has 1 aliphatic carbocycles. The molecule has 0 aliphatic heterocycles. The summed E-state index contributed by atoms with van der Waals surface area (Å²) >= 11 is 0. The van der Waals surface area contributed by atoms with Crippen LogP contribution in [0.15, 0.2) is 24.3 Å². The molecule has 3 nitrogen and oxygen atoms in total. The molecule has 0 spiro atoms. The lowest BCUT2D eigenvalue weighted by atomic mass is 9.89. The third-order valence-electron chi connectivity index (χ3n) is 4.32. The van der Waals surface area contributed by atoms with Crippen LogP contribution in [0.4, 0.5) is 0 Å². The summed E-state index contributed by atoms with van der Waals surface area (Å²) < 4.78 is 0. The van der Waals surface area contributed by atoms with Crippen LogP contribution in [0.3, 0.4) is 0 Å². The molecule has 1 aromatic carbocycles. The average molecular weight is 248 g/mol. The maximum atomic E-state index is 9.92. The third kappa shape index (κ3) is 2.85. The van der Waals surface area contributed by atoms with Crippen LogP contribution < -0.4 is 5.73 Å². The second kappa shape index (κ2) is 5.72. The number of hydrogen-bond acceptors (Lipinski definition) is 3. The SMILES string of the molecule is CC(c1ccccc1O)N(C)C1CCC(N)CC1. The van der Waals surface area contributed by atoms with Crippen LogP contribution in [0.5, 0.6) is 5.75 Å². The number of nitrogens with zero attached hydrogens (tertiary/aromatic N) is 1. The van der Waals surface area contributed by atoms with E-state index in [1.54, 1.807) is 6.07 Å². The molecule has 1 aromatic rings. The predicted molar refractivity (Wildman–Crippen MR) is 74.5 cm³/mol. The van der Waals surface area contributed by atoms with Gasteiger partial charge in [-0.25, -0.2) is 0 Å². The highest BCUT2D eigenvalue weighted by Gasteiger charge is 2.26. The summed E-state index contributed by atoms with van der Waals surface area (Å²) in [6, 6.07) is 8.82. The monoisotopic (exact) mass is 248 g/mol. The van der Waals surface area contributed by atoms with Crippen molar-refractivity contribution in [3.05, 3.63) is 29.8 Å². The molecule has 0 bridgehead atoms. The number of phenols is 1. The average Bonchev–Trinajstić information content (AvgIpc) is 2.38. The molecule has 3 heteroatoms. The largest absolute Gasteiger partial charge is 0.508 e. The van der Waals surface area contributed by atoms with Crippen LogP contribution in [-0.4, -0.2) is 29.1 Å². The normalized spacial score (nSPS) is 26.2. The van der Waals surface area contributed by atoms with Crippen molar-refractivity contribution >= 4 is 0 Å². The van der Waals surface area contributed by atoms with Gasteiger partial charge in [0.2, 0.25) is 0 Å². The first-order valence-corrected chi connectivity index (χ1v) is 6.85. The van der Waals surface area contributed by atoms with E-state index in [9.17, 15) is 5.11 Å². The van der Waals surface area contributed by atoms with E-state index in [0.29, 0.717) is 17.8 Å². The highest BCUT2D eigenvalue weighted by Crippen LogP contribution is 2.32. The Morgan fingerprint density at radius 1 is 1.22 bits per heavy atom.